The molecule has 0 bridgehead atoms. The van der Waals surface area contributed by atoms with Crippen LogP contribution in [0.4, 0.5) is 5.69 Å². The number of fused-ring (bicyclic) bond motifs is 1. The second-order valence-corrected chi connectivity index (χ2v) is 5.64. The lowest BCUT2D eigenvalue weighted by Crippen LogP contribution is -2.39. The molecular weight excluding hydrogens is 288 g/mol. The minimum atomic E-state index is -0.339. The van der Waals surface area contributed by atoms with Crippen molar-refractivity contribution >= 4 is 22.4 Å². The molecule has 1 amide bonds. The normalized spacial score (nSPS) is 13.7. The van der Waals surface area contributed by atoms with Crippen molar-refractivity contribution in [2.75, 3.05) is 5.32 Å². The number of furan rings is 1. The first-order valence-electron chi connectivity index (χ1n) is 7.73. The van der Waals surface area contributed by atoms with E-state index in [9.17, 15) is 4.79 Å². The number of hydrogen-bond donors (Lipinski definition) is 2. The molecule has 0 saturated heterocycles. The van der Waals surface area contributed by atoms with Gasteiger partial charge in [0.05, 0.1) is 18.3 Å². The molecule has 2 atom stereocenters. The van der Waals surface area contributed by atoms with Crippen LogP contribution in [0.3, 0.4) is 0 Å². The van der Waals surface area contributed by atoms with Crippen LogP contribution in [-0.2, 0) is 4.79 Å². The molecule has 118 valence electrons. The van der Waals surface area contributed by atoms with Gasteiger partial charge in [-0.1, -0.05) is 36.4 Å². The summed E-state index contributed by atoms with van der Waals surface area (Å²) in [5.74, 6) is 0.745. The lowest BCUT2D eigenvalue weighted by atomic mass is 10.1. The van der Waals surface area contributed by atoms with Crippen molar-refractivity contribution < 1.29 is 9.21 Å². The van der Waals surface area contributed by atoms with Gasteiger partial charge in [0.25, 0.3) is 0 Å². The third-order valence-corrected chi connectivity index (χ3v) is 3.91. The minimum absolute atomic E-state index is 0.0294. The van der Waals surface area contributed by atoms with E-state index in [2.05, 4.69) is 10.6 Å². The van der Waals surface area contributed by atoms with E-state index in [1.807, 2.05) is 68.4 Å². The summed E-state index contributed by atoms with van der Waals surface area (Å²) in [7, 11) is 0. The summed E-state index contributed by atoms with van der Waals surface area (Å²) in [6.45, 7) is 3.82. The Morgan fingerprint density at radius 1 is 1.00 bits per heavy atom. The smallest absolute Gasteiger partial charge is 0.241 e. The molecule has 0 fully saturated rings. The van der Waals surface area contributed by atoms with Gasteiger partial charge < -0.3 is 9.73 Å². The van der Waals surface area contributed by atoms with E-state index in [0.29, 0.717) is 0 Å². The maximum absolute atomic E-state index is 12.5. The molecule has 0 radical (unpaired) electrons. The summed E-state index contributed by atoms with van der Waals surface area (Å²) >= 11 is 0. The summed E-state index contributed by atoms with van der Waals surface area (Å²) in [5.41, 5.74) is 0.826. The minimum Gasteiger partial charge on any atom is -0.468 e. The Kier molecular flexibility index (Phi) is 4.44. The first-order chi connectivity index (χ1) is 11.1. The van der Waals surface area contributed by atoms with Crippen LogP contribution >= 0.6 is 0 Å². The maximum atomic E-state index is 12.5. The number of benzene rings is 2. The number of rotatable bonds is 5. The monoisotopic (exact) mass is 308 g/mol. The SMILES string of the molecule is C[C@@H](N[C@H](C)c1ccco1)C(=O)Nc1cccc2ccccc12. The van der Waals surface area contributed by atoms with Gasteiger partial charge in [0.2, 0.25) is 5.91 Å². The molecule has 2 aromatic carbocycles. The van der Waals surface area contributed by atoms with E-state index in [-0.39, 0.29) is 18.0 Å². The van der Waals surface area contributed by atoms with Gasteiger partial charge in [0, 0.05) is 11.1 Å². The summed E-state index contributed by atoms with van der Waals surface area (Å²) in [5, 5.41) is 8.39. The zero-order valence-electron chi connectivity index (χ0n) is 13.2. The Labute approximate surface area is 135 Å². The summed E-state index contributed by atoms with van der Waals surface area (Å²) < 4.78 is 5.36. The molecule has 23 heavy (non-hydrogen) atoms. The third-order valence-electron chi connectivity index (χ3n) is 3.91. The van der Waals surface area contributed by atoms with Crippen molar-refractivity contribution in [2.45, 2.75) is 25.9 Å². The molecule has 4 nitrogen and oxygen atoms in total. The van der Waals surface area contributed by atoms with E-state index < -0.39 is 0 Å². The Bertz CT molecular complexity index is 791. The van der Waals surface area contributed by atoms with Crippen LogP contribution in [0.1, 0.15) is 25.6 Å². The van der Waals surface area contributed by atoms with E-state index in [4.69, 9.17) is 4.42 Å². The molecule has 0 spiro atoms. The highest BCUT2D eigenvalue weighted by Crippen LogP contribution is 2.23. The Morgan fingerprint density at radius 2 is 1.78 bits per heavy atom. The second-order valence-electron chi connectivity index (χ2n) is 5.64. The molecule has 2 N–H and O–H groups in total. The van der Waals surface area contributed by atoms with Crippen molar-refractivity contribution in [3.63, 3.8) is 0 Å². The number of nitrogens with one attached hydrogen (secondary N) is 2. The van der Waals surface area contributed by atoms with Gasteiger partial charge in [0.1, 0.15) is 5.76 Å². The van der Waals surface area contributed by atoms with Gasteiger partial charge in [-0.25, -0.2) is 0 Å². The van der Waals surface area contributed by atoms with Gasteiger partial charge >= 0.3 is 0 Å². The van der Waals surface area contributed by atoms with Crippen LogP contribution in [-0.4, -0.2) is 11.9 Å². The number of carbonyl (C=O) groups is 1. The summed E-state index contributed by atoms with van der Waals surface area (Å²) in [6, 6.07) is 17.3. The highest BCUT2D eigenvalue weighted by molar-refractivity contribution is 6.03. The van der Waals surface area contributed by atoms with Crippen molar-refractivity contribution in [1.29, 1.82) is 0 Å². The van der Waals surface area contributed by atoms with Gasteiger partial charge in [0.15, 0.2) is 0 Å². The van der Waals surface area contributed by atoms with Crippen molar-refractivity contribution in [3.8, 4) is 0 Å². The fourth-order valence-corrected chi connectivity index (χ4v) is 2.65. The van der Waals surface area contributed by atoms with Gasteiger partial charge in [-0.2, -0.15) is 0 Å². The average molecular weight is 308 g/mol. The third kappa shape index (κ3) is 3.43. The van der Waals surface area contributed by atoms with E-state index >= 15 is 0 Å². The molecule has 0 aliphatic rings. The predicted octanol–water partition coefficient (Wildman–Crippen LogP) is 4.11. The molecule has 0 aliphatic carbocycles. The molecule has 1 aromatic heterocycles. The van der Waals surface area contributed by atoms with Gasteiger partial charge in [-0.15, -0.1) is 0 Å². The van der Waals surface area contributed by atoms with Crippen LogP contribution in [0.15, 0.2) is 65.3 Å². The lowest BCUT2D eigenvalue weighted by molar-refractivity contribution is -0.117. The summed E-state index contributed by atoms with van der Waals surface area (Å²) in [4.78, 5) is 12.5. The quantitative estimate of drug-likeness (QED) is 0.746. The molecule has 1 heterocycles. The number of amides is 1. The van der Waals surface area contributed by atoms with Crippen LogP contribution in [0.25, 0.3) is 10.8 Å². The topological polar surface area (TPSA) is 54.3 Å². The molecule has 3 aromatic rings. The average Bonchev–Trinajstić information content (AvgIpc) is 3.09. The highest BCUT2D eigenvalue weighted by atomic mass is 16.3. The highest BCUT2D eigenvalue weighted by Gasteiger charge is 2.18. The van der Waals surface area contributed by atoms with Crippen LogP contribution in [0.5, 0.6) is 0 Å². The standard InChI is InChI=1S/C19H20N2O2/c1-13(18-11-6-12-23-18)20-14(2)19(22)21-17-10-5-8-15-7-3-4-9-16(15)17/h3-14,20H,1-2H3,(H,21,22)/t13-,14-/m1/s1. The van der Waals surface area contributed by atoms with Crippen molar-refractivity contribution in [1.82, 2.24) is 5.32 Å². The molecule has 0 unspecified atom stereocenters. The first kappa shape index (κ1) is 15.3. The van der Waals surface area contributed by atoms with Crippen LogP contribution in [0.2, 0.25) is 0 Å². The molecule has 4 heteroatoms. The predicted molar refractivity (Wildman–Crippen MR) is 92.3 cm³/mol. The number of carbonyl (C=O) groups excluding carboxylic acids is 1. The zero-order valence-corrected chi connectivity index (χ0v) is 13.2. The number of hydrogen-bond acceptors (Lipinski definition) is 3. The largest absolute Gasteiger partial charge is 0.468 e. The molecule has 3 rings (SSSR count). The fraction of sp³-hybridized carbons (Fsp3) is 0.211. The fourth-order valence-electron chi connectivity index (χ4n) is 2.65. The lowest BCUT2D eigenvalue weighted by Gasteiger charge is -2.18. The molecule has 0 aliphatic heterocycles. The van der Waals surface area contributed by atoms with Gasteiger partial charge in [-0.3, -0.25) is 10.1 Å². The van der Waals surface area contributed by atoms with Crippen LogP contribution < -0.4 is 10.6 Å². The van der Waals surface area contributed by atoms with E-state index in [1.54, 1.807) is 6.26 Å². The first-order valence-corrected chi connectivity index (χ1v) is 7.73. The Morgan fingerprint density at radius 3 is 2.57 bits per heavy atom. The van der Waals surface area contributed by atoms with E-state index in [1.165, 1.54) is 0 Å². The molecule has 0 saturated carbocycles. The maximum Gasteiger partial charge on any atom is 0.241 e. The zero-order chi connectivity index (χ0) is 16.2. The Hall–Kier alpha value is -2.59. The van der Waals surface area contributed by atoms with Crippen molar-refractivity contribution in [3.05, 3.63) is 66.6 Å². The number of anilines is 1. The van der Waals surface area contributed by atoms with E-state index in [0.717, 1.165) is 22.2 Å². The second kappa shape index (κ2) is 6.67. The Balaban J connectivity index is 1.70. The van der Waals surface area contributed by atoms with Gasteiger partial charge in [-0.05, 0) is 37.4 Å². The summed E-state index contributed by atoms with van der Waals surface area (Å²) in [6.07, 6.45) is 1.63. The van der Waals surface area contributed by atoms with Crippen molar-refractivity contribution in [2.24, 2.45) is 0 Å². The van der Waals surface area contributed by atoms with Crippen LogP contribution in [0, 0.1) is 0 Å². The molecular formula is C19H20N2O2.